The van der Waals surface area contributed by atoms with Crippen molar-refractivity contribution in [2.75, 3.05) is 6.54 Å². The normalized spacial score (nSPS) is 12.4. The van der Waals surface area contributed by atoms with Crippen LogP contribution < -0.4 is 10.6 Å². The van der Waals surface area contributed by atoms with Gasteiger partial charge in [-0.05, 0) is 19.4 Å². The molecule has 1 aromatic rings. The topological polar surface area (TPSA) is 59.0 Å². The van der Waals surface area contributed by atoms with Crippen LogP contribution in [0.3, 0.4) is 0 Å². The summed E-state index contributed by atoms with van der Waals surface area (Å²) in [4.78, 5) is 11.8. The van der Waals surface area contributed by atoms with Gasteiger partial charge in [0.25, 0.3) is 0 Å². The Morgan fingerprint density at radius 3 is 2.89 bits per heavy atom. The van der Waals surface area contributed by atoms with Gasteiger partial charge in [-0.15, -0.1) is 0 Å². The predicted molar refractivity (Wildman–Crippen MR) is 72.0 cm³/mol. The molecule has 0 bridgehead atoms. The summed E-state index contributed by atoms with van der Waals surface area (Å²) in [5, 5.41) is 10.2. The molecular weight excluding hydrogens is 228 g/mol. The maximum atomic E-state index is 11.8. The van der Waals surface area contributed by atoms with Crippen molar-refractivity contribution in [3.63, 3.8) is 0 Å². The Morgan fingerprint density at radius 2 is 2.28 bits per heavy atom. The quantitative estimate of drug-likeness (QED) is 0.684. The molecule has 0 aliphatic heterocycles. The van der Waals surface area contributed by atoms with Crippen LogP contribution in [0, 0.1) is 0 Å². The van der Waals surface area contributed by atoms with Gasteiger partial charge in [0.2, 0.25) is 5.91 Å². The summed E-state index contributed by atoms with van der Waals surface area (Å²) in [7, 11) is 1.90. The highest BCUT2D eigenvalue weighted by Crippen LogP contribution is 1.96. The van der Waals surface area contributed by atoms with Crippen molar-refractivity contribution in [3.8, 4) is 0 Å². The summed E-state index contributed by atoms with van der Waals surface area (Å²) in [6.45, 7) is 5.45. The first-order valence-electron chi connectivity index (χ1n) is 6.63. The number of carbonyl (C=O) groups excluding carboxylic acids is 1. The molecule has 5 nitrogen and oxygen atoms in total. The minimum absolute atomic E-state index is 0.0632. The average Bonchev–Trinajstić information content (AvgIpc) is 2.77. The third kappa shape index (κ3) is 4.87. The molecule has 1 unspecified atom stereocenters. The second-order valence-electron chi connectivity index (χ2n) is 4.55. The zero-order chi connectivity index (χ0) is 13.4. The minimum Gasteiger partial charge on any atom is -0.355 e. The molecule has 0 aliphatic rings. The molecule has 102 valence electrons. The van der Waals surface area contributed by atoms with Crippen molar-refractivity contribution in [2.24, 2.45) is 7.05 Å². The Bertz CT molecular complexity index is 362. The molecule has 0 radical (unpaired) electrons. The fourth-order valence-electron chi connectivity index (χ4n) is 1.66. The number of carbonyl (C=O) groups is 1. The van der Waals surface area contributed by atoms with E-state index in [0.29, 0.717) is 6.54 Å². The maximum Gasteiger partial charge on any atom is 0.236 e. The number of nitrogens with zero attached hydrogens (tertiary/aromatic N) is 2. The first kappa shape index (κ1) is 14.7. The lowest BCUT2D eigenvalue weighted by Crippen LogP contribution is -2.42. The molecule has 5 heteroatoms. The molecule has 1 amide bonds. The van der Waals surface area contributed by atoms with E-state index < -0.39 is 0 Å². The summed E-state index contributed by atoms with van der Waals surface area (Å²) < 4.78 is 1.80. The lowest BCUT2D eigenvalue weighted by Gasteiger charge is -2.14. The Kier molecular flexibility index (Phi) is 6.43. The summed E-state index contributed by atoms with van der Waals surface area (Å²) in [5.74, 6) is 0.0632. The number of aryl methyl sites for hydroxylation is 1. The van der Waals surface area contributed by atoms with Crippen molar-refractivity contribution in [2.45, 2.75) is 45.7 Å². The minimum atomic E-state index is -0.179. The number of hydrogen-bond donors (Lipinski definition) is 2. The fourth-order valence-corrected chi connectivity index (χ4v) is 1.66. The molecule has 1 aromatic heterocycles. The molecule has 1 rings (SSSR count). The largest absolute Gasteiger partial charge is 0.355 e. The number of aromatic nitrogens is 2. The number of nitrogens with one attached hydrogen (secondary N) is 2. The second kappa shape index (κ2) is 7.87. The van der Waals surface area contributed by atoms with E-state index in [2.05, 4.69) is 22.7 Å². The van der Waals surface area contributed by atoms with E-state index in [9.17, 15) is 4.79 Å². The number of unbranched alkanes of at least 4 members (excludes halogenated alkanes) is 2. The van der Waals surface area contributed by atoms with Crippen LogP contribution in [-0.4, -0.2) is 28.3 Å². The number of hydrogen-bond acceptors (Lipinski definition) is 3. The van der Waals surface area contributed by atoms with Crippen LogP contribution in [0.2, 0.25) is 0 Å². The van der Waals surface area contributed by atoms with Gasteiger partial charge in [0.05, 0.1) is 11.7 Å². The second-order valence-corrected chi connectivity index (χ2v) is 4.55. The van der Waals surface area contributed by atoms with Gasteiger partial charge < -0.3 is 10.6 Å². The van der Waals surface area contributed by atoms with E-state index in [1.807, 2.05) is 20.0 Å². The van der Waals surface area contributed by atoms with Crippen molar-refractivity contribution >= 4 is 5.91 Å². The van der Waals surface area contributed by atoms with Gasteiger partial charge in [-0.3, -0.25) is 9.48 Å². The number of amides is 1. The Hall–Kier alpha value is -1.36. The van der Waals surface area contributed by atoms with Crippen molar-refractivity contribution < 1.29 is 4.79 Å². The highest BCUT2D eigenvalue weighted by atomic mass is 16.2. The highest BCUT2D eigenvalue weighted by Gasteiger charge is 2.11. The summed E-state index contributed by atoms with van der Waals surface area (Å²) in [6.07, 6.45) is 5.14. The van der Waals surface area contributed by atoms with Crippen LogP contribution in [0.1, 0.15) is 38.8 Å². The zero-order valence-electron chi connectivity index (χ0n) is 11.6. The third-order valence-corrected chi connectivity index (χ3v) is 2.98. The smallest absolute Gasteiger partial charge is 0.236 e. The van der Waals surface area contributed by atoms with E-state index in [4.69, 9.17) is 0 Å². The van der Waals surface area contributed by atoms with Crippen LogP contribution >= 0.6 is 0 Å². The summed E-state index contributed by atoms with van der Waals surface area (Å²) >= 11 is 0. The van der Waals surface area contributed by atoms with E-state index in [-0.39, 0.29) is 11.9 Å². The average molecular weight is 252 g/mol. The van der Waals surface area contributed by atoms with E-state index in [1.54, 1.807) is 10.9 Å². The fraction of sp³-hybridized carbons (Fsp3) is 0.692. The molecule has 0 fully saturated rings. The van der Waals surface area contributed by atoms with Crippen molar-refractivity contribution in [1.29, 1.82) is 0 Å². The predicted octanol–water partition coefficient (Wildman–Crippen LogP) is 1.20. The maximum absolute atomic E-state index is 11.8. The van der Waals surface area contributed by atoms with Gasteiger partial charge in [-0.1, -0.05) is 19.8 Å². The number of rotatable bonds is 8. The monoisotopic (exact) mass is 252 g/mol. The highest BCUT2D eigenvalue weighted by molar-refractivity contribution is 5.81. The Balaban J connectivity index is 2.21. The van der Waals surface area contributed by atoms with Gasteiger partial charge in [0, 0.05) is 26.3 Å². The molecule has 0 saturated carbocycles. The third-order valence-electron chi connectivity index (χ3n) is 2.98. The molecule has 1 heterocycles. The Labute approximate surface area is 109 Å². The molecule has 0 aliphatic carbocycles. The molecule has 0 aromatic carbocycles. The molecule has 2 N–H and O–H groups in total. The molecule has 1 atom stereocenters. The van der Waals surface area contributed by atoms with Gasteiger partial charge in [0.1, 0.15) is 0 Å². The van der Waals surface area contributed by atoms with E-state index >= 15 is 0 Å². The molecular formula is C13H24N4O. The van der Waals surface area contributed by atoms with Gasteiger partial charge >= 0.3 is 0 Å². The lowest BCUT2D eigenvalue weighted by atomic mass is 10.2. The first-order valence-corrected chi connectivity index (χ1v) is 6.63. The van der Waals surface area contributed by atoms with E-state index in [0.717, 1.165) is 25.1 Å². The summed E-state index contributed by atoms with van der Waals surface area (Å²) in [6, 6.07) is 1.76. The summed E-state index contributed by atoms with van der Waals surface area (Å²) in [5.41, 5.74) is 1.07. The van der Waals surface area contributed by atoms with Crippen molar-refractivity contribution in [3.05, 3.63) is 18.0 Å². The zero-order valence-corrected chi connectivity index (χ0v) is 11.6. The van der Waals surface area contributed by atoms with Crippen LogP contribution in [0.4, 0.5) is 0 Å². The van der Waals surface area contributed by atoms with Crippen LogP contribution in [0.5, 0.6) is 0 Å². The molecule has 18 heavy (non-hydrogen) atoms. The van der Waals surface area contributed by atoms with Gasteiger partial charge in [-0.2, -0.15) is 5.10 Å². The Morgan fingerprint density at radius 1 is 1.50 bits per heavy atom. The molecule has 0 spiro atoms. The van der Waals surface area contributed by atoms with E-state index in [1.165, 1.54) is 6.42 Å². The van der Waals surface area contributed by atoms with Crippen LogP contribution in [-0.2, 0) is 18.4 Å². The van der Waals surface area contributed by atoms with Gasteiger partial charge in [0.15, 0.2) is 0 Å². The standard InChI is InChI=1S/C13H24N4O/c1-4-5-6-8-14-13(18)11(2)15-10-12-7-9-16-17(12)3/h7,9,11,15H,4-6,8,10H2,1-3H3,(H,14,18). The SMILES string of the molecule is CCCCCNC(=O)C(C)NCc1ccnn1C. The van der Waals surface area contributed by atoms with Crippen LogP contribution in [0.15, 0.2) is 12.3 Å². The first-order chi connectivity index (χ1) is 8.65. The van der Waals surface area contributed by atoms with Crippen molar-refractivity contribution in [1.82, 2.24) is 20.4 Å². The lowest BCUT2D eigenvalue weighted by molar-refractivity contribution is -0.122. The van der Waals surface area contributed by atoms with Gasteiger partial charge in [-0.25, -0.2) is 0 Å². The van der Waals surface area contributed by atoms with Crippen LogP contribution in [0.25, 0.3) is 0 Å². The molecule has 0 saturated heterocycles.